The Kier molecular flexibility index (Phi) is 5.67. The van der Waals surface area contributed by atoms with Crippen LogP contribution in [-0.2, 0) is 0 Å². The Balaban J connectivity index is 1.34. The molecule has 2 aromatic carbocycles. The Morgan fingerprint density at radius 2 is 2.03 bits per heavy atom. The largest absolute Gasteiger partial charge is 0.496 e. The lowest BCUT2D eigenvalue weighted by Crippen LogP contribution is -2.44. The number of aromatic nitrogens is 2. The van der Waals surface area contributed by atoms with Crippen LogP contribution in [0.3, 0.4) is 0 Å². The van der Waals surface area contributed by atoms with Crippen molar-refractivity contribution < 1.29 is 18.3 Å². The van der Waals surface area contributed by atoms with Crippen LogP contribution in [0.5, 0.6) is 5.75 Å². The SMILES string of the molecule is COc1cccc(F)c1-c1nccc(C(=O)Nc2cc(F)c(N3CCC3)cc2N2C[C@@H]3C[C@H]2CN3)n1. The fourth-order valence-corrected chi connectivity index (χ4v) is 5.23. The lowest BCUT2D eigenvalue weighted by molar-refractivity contribution is 0.102. The second-order valence-electron chi connectivity index (χ2n) is 9.35. The highest BCUT2D eigenvalue weighted by Crippen LogP contribution is 2.40. The number of carbonyl (C=O) groups excluding carboxylic acids is 1. The van der Waals surface area contributed by atoms with Gasteiger partial charge in [-0.15, -0.1) is 0 Å². The Labute approximate surface area is 207 Å². The number of amides is 1. The van der Waals surface area contributed by atoms with Gasteiger partial charge in [-0.3, -0.25) is 4.79 Å². The van der Waals surface area contributed by atoms with Crippen LogP contribution in [0, 0.1) is 11.6 Å². The maximum atomic E-state index is 15.1. The fraction of sp³-hybridized carbons (Fsp3) is 0.346. The van der Waals surface area contributed by atoms with Crippen LogP contribution >= 0.6 is 0 Å². The molecule has 1 aromatic heterocycles. The summed E-state index contributed by atoms with van der Waals surface area (Å²) in [7, 11) is 1.43. The Morgan fingerprint density at radius 1 is 1.17 bits per heavy atom. The van der Waals surface area contributed by atoms with Crippen molar-refractivity contribution in [2.75, 3.05) is 48.4 Å². The average molecular weight is 493 g/mol. The van der Waals surface area contributed by atoms with Gasteiger partial charge in [-0.2, -0.15) is 0 Å². The molecule has 2 bridgehead atoms. The molecule has 0 radical (unpaired) electrons. The van der Waals surface area contributed by atoms with Crippen LogP contribution in [0.1, 0.15) is 23.3 Å². The summed E-state index contributed by atoms with van der Waals surface area (Å²) in [6, 6.07) is 9.76. The smallest absolute Gasteiger partial charge is 0.274 e. The number of anilines is 3. The monoisotopic (exact) mass is 492 g/mol. The minimum atomic E-state index is -0.560. The van der Waals surface area contributed by atoms with E-state index in [9.17, 15) is 9.18 Å². The van der Waals surface area contributed by atoms with Gasteiger partial charge < -0.3 is 25.2 Å². The van der Waals surface area contributed by atoms with E-state index in [0.717, 1.165) is 44.7 Å². The molecule has 3 aliphatic heterocycles. The molecule has 36 heavy (non-hydrogen) atoms. The number of benzene rings is 2. The van der Waals surface area contributed by atoms with E-state index in [0.29, 0.717) is 23.5 Å². The maximum absolute atomic E-state index is 15.1. The number of piperazine rings is 1. The van der Waals surface area contributed by atoms with Crippen LogP contribution in [0.4, 0.5) is 25.8 Å². The summed E-state index contributed by atoms with van der Waals surface area (Å²) in [5.74, 6) is -1.18. The third-order valence-corrected chi connectivity index (χ3v) is 7.18. The molecule has 1 amide bonds. The first-order valence-corrected chi connectivity index (χ1v) is 12.1. The Bertz CT molecular complexity index is 1330. The lowest BCUT2D eigenvalue weighted by atomic mass is 10.1. The van der Waals surface area contributed by atoms with Gasteiger partial charge in [0.15, 0.2) is 5.82 Å². The van der Waals surface area contributed by atoms with Crippen molar-refractivity contribution in [1.82, 2.24) is 15.3 Å². The third-order valence-electron chi connectivity index (χ3n) is 7.18. The average Bonchev–Trinajstić information content (AvgIpc) is 3.48. The summed E-state index contributed by atoms with van der Waals surface area (Å²) in [5.41, 5.74) is 1.85. The number of hydrogen-bond acceptors (Lipinski definition) is 7. The molecule has 3 saturated heterocycles. The highest BCUT2D eigenvalue weighted by Gasteiger charge is 2.39. The second-order valence-corrected chi connectivity index (χ2v) is 9.35. The Hall–Kier alpha value is -3.79. The van der Waals surface area contributed by atoms with Crippen molar-refractivity contribution in [2.45, 2.75) is 24.9 Å². The zero-order valence-corrected chi connectivity index (χ0v) is 19.8. The normalized spacial score (nSPS) is 20.4. The van der Waals surface area contributed by atoms with Crippen molar-refractivity contribution in [2.24, 2.45) is 0 Å². The maximum Gasteiger partial charge on any atom is 0.274 e. The summed E-state index contributed by atoms with van der Waals surface area (Å²) in [6.07, 6.45) is 3.45. The van der Waals surface area contributed by atoms with Crippen molar-refractivity contribution in [1.29, 1.82) is 0 Å². The summed E-state index contributed by atoms with van der Waals surface area (Å²) in [6.45, 7) is 3.29. The molecule has 10 heteroatoms. The number of ether oxygens (including phenoxy) is 1. The van der Waals surface area contributed by atoms with Gasteiger partial charge in [-0.25, -0.2) is 18.7 Å². The second kappa shape index (κ2) is 9.02. The van der Waals surface area contributed by atoms with Gasteiger partial charge >= 0.3 is 0 Å². The number of nitrogens with zero attached hydrogens (tertiary/aromatic N) is 4. The summed E-state index contributed by atoms with van der Waals surface area (Å²) >= 11 is 0. The Morgan fingerprint density at radius 3 is 2.72 bits per heavy atom. The molecule has 3 aromatic rings. The van der Waals surface area contributed by atoms with Crippen molar-refractivity contribution in [3.63, 3.8) is 0 Å². The molecular weight excluding hydrogens is 466 g/mol. The van der Waals surface area contributed by atoms with Gasteiger partial charge in [0.2, 0.25) is 0 Å². The van der Waals surface area contributed by atoms with Crippen LogP contribution in [0.2, 0.25) is 0 Å². The first kappa shape index (κ1) is 22.7. The summed E-state index contributed by atoms with van der Waals surface area (Å²) < 4.78 is 35.0. The molecule has 3 fully saturated rings. The molecule has 4 heterocycles. The van der Waals surface area contributed by atoms with Crippen LogP contribution in [0.25, 0.3) is 11.4 Å². The number of halogens is 2. The van der Waals surface area contributed by atoms with Crippen molar-refractivity contribution in [3.8, 4) is 17.1 Å². The first-order valence-electron chi connectivity index (χ1n) is 12.1. The number of methoxy groups -OCH3 is 1. The zero-order valence-electron chi connectivity index (χ0n) is 19.8. The fourth-order valence-electron chi connectivity index (χ4n) is 5.23. The predicted molar refractivity (Wildman–Crippen MR) is 133 cm³/mol. The summed E-state index contributed by atoms with van der Waals surface area (Å²) in [5, 5.41) is 6.33. The van der Waals surface area contributed by atoms with E-state index >= 15 is 4.39 Å². The lowest BCUT2D eigenvalue weighted by Gasteiger charge is -2.36. The molecule has 8 nitrogen and oxygen atoms in total. The number of rotatable bonds is 6. The molecule has 2 atom stereocenters. The van der Waals surface area contributed by atoms with E-state index in [1.807, 2.05) is 11.0 Å². The van der Waals surface area contributed by atoms with E-state index in [-0.39, 0.29) is 28.6 Å². The molecule has 0 unspecified atom stereocenters. The molecule has 0 saturated carbocycles. The van der Waals surface area contributed by atoms with Crippen molar-refractivity contribution in [3.05, 3.63) is 59.9 Å². The number of hydrogen-bond donors (Lipinski definition) is 2. The minimum absolute atomic E-state index is 0.0278. The molecule has 2 N–H and O–H groups in total. The van der Waals surface area contributed by atoms with Crippen molar-refractivity contribution >= 4 is 23.0 Å². The van der Waals surface area contributed by atoms with Gasteiger partial charge in [-0.05, 0) is 37.1 Å². The molecular formula is C26H26F2N6O2. The number of carbonyl (C=O) groups is 1. The van der Waals surface area contributed by atoms with Gasteiger partial charge in [0.05, 0.1) is 29.7 Å². The van der Waals surface area contributed by atoms with E-state index in [4.69, 9.17) is 4.74 Å². The van der Waals surface area contributed by atoms with Crippen LogP contribution in [0.15, 0.2) is 42.6 Å². The molecule has 3 aliphatic rings. The van der Waals surface area contributed by atoms with Crippen LogP contribution < -0.4 is 25.2 Å². The molecule has 186 valence electrons. The van der Waals surface area contributed by atoms with Gasteiger partial charge in [0.25, 0.3) is 5.91 Å². The van der Waals surface area contributed by atoms with E-state index in [1.54, 1.807) is 6.07 Å². The van der Waals surface area contributed by atoms with Gasteiger partial charge in [-0.1, -0.05) is 6.07 Å². The number of fused-ring (bicyclic) bond motifs is 2. The highest BCUT2D eigenvalue weighted by molar-refractivity contribution is 6.05. The summed E-state index contributed by atoms with van der Waals surface area (Å²) in [4.78, 5) is 26.0. The number of nitrogens with one attached hydrogen (secondary N) is 2. The molecule has 0 aliphatic carbocycles. The predicted octanol–water partition coefficient (Wildman–Crippen LogP) is 3.44. The van der Waals surface area contributed by atoms with E-state index in [1.165, 1.54) is 37.6 Å². The van der Waals surface area contributed by atoms with Gasteiger partial charge in [0.1, 0.15) is 23.1 Å². The standard InChI is InChI=1S/C26H26F2N6O2/c1-36-23-5-2-4-17(27)24(23)25-29-7-6-19(31-25)26(35)32-20-11-18(28)21(33-8-3-9-33)12-22(20)34-14-15-10-16(34)13-30-15/h2,4-7,11-12,15-16,30H,3,8-10,13-14H2,1H3,(H,32,35)/t15-,16-/m0/s1. The zero-order chi connectivity index (χ0) is 24.8. The van der Waals surface area contributed by atoms with E-state index < -0.39 is 11.7 Å². The third kappa shape index (κ3) is 3.91. The van der Waals surface area contributed by atoms with E-state index in [2.05, 4.69) is 25.5 Å². The highest BCUT2D eigenvalue weighted by atomic mass is 19.1. The molecule has 6 rings (SSSR count). The minimum Gasteiger partial charge on any atom is -0.496 e. The molecule has 0 spiro atoms. The first-order chi connectivity index (χ1) is 17.5. The topological polar surface area (TPSA) is 82.6 Å². The quantitative estimate of drug-likeness (QED) is 0.546. The van der Waals surface area contributed by atoms with Gasteiger partial charge in [0, 0.05) is 50.5 Å². The van der Waals surface area contributed by atoms with Crippen LogP contribution in [-0.4, -0.2) is 61.2 Å².